The van der Waals surface area contributed by atoms with Crippen LogP contribution in [0.2, 0.25) is 0 Å². The summed E-state index contributed by atoms with van der Waals surface area (Å²) in [5.41, 5.74) is 0. The minimum Gasteiger partial charge on any atom is -0.466 e. The summed E-state index contributed by atoms with van der Waals surface area (Å²) in [6.45, 7) is 4.94. The number of amides is 1. The molecule has 0 aliphatic heterocycles. The van der Waals surface area contributed by atoms with E-state index in [4.69, 9.17) is 4.74 Å². The second kappa shape index (κ2) is 63.1. The van der Waals surface area contributed by atoms with Crippen LogP contribution >= 0.6 is 0 Å². The van der Waals surface area contributed by atoms with Gasteiger partial charge in [0.2, 0.25) is 5.91 Å². The molecule has 0 radical (unpaired) electrons. The summed E-state index contributed by atoms with van der Waals surface area (Å²) >= 11 is 0. The molecule has 0 aromatic rings. The summed E-state index contributed by atoms with van der Waals surface area (Å²) in [7, 11) is 0. The Bertz CT molecular complexity index is 1100. The van der Waals surface area contributed by atoms with Gasteiger partial charge in [0.1, 0.15) is 0 Å². The summed E-state index contributed by atoms with van der Waals surface area (Å²) in [4.78, 5) is 24.6. The van der Waals surface area contributed by atoms with Crippen LogP contribution in [0, 0.1) is 0 Å². The van der Waals surface area contributed by atoms with Crippen LogP contribution in [0.15, 0.2) is 12.2 Å². The fourth-order valence-corrected chi connectivity index (χ4v) is 10.7. The molecular weight excluding hydrogens is 899 g/mol. The number of unbranched alkanes of at least 4 members (excludes halogenated alkanes) is 52. The molecule has 0 aromatic carbocycles. The fraction of sp³-hybridized carbons (Fsp3) is 0.940. The number of aliphatic hydroxyl groups is 2. The lowest BCUT2D eigenvalue weighted by molar-refractivity contribution is -0.143. The molecule has 0 saturated heterocycles. The van der Waals surface area contributed by atoms with Crippen molar-refractivity contribution in [3.8, 4) is 0 Å². The van der Waals surface area contributed by atoms with Gasteiger partial charge in [-0.15, -0.1) is 0 Å². The molecule has 2 atom stereocenters. The van der Waals surface area contributed by atoms with Crippen LogP contribution in [-0.4, -0.2) is 47.4 Å². The molecule has 2 unspecified atom stereocenters. The number of ether oxygens (including phenoxy) is 1. The minimum atomic E-state index is -0.849. The maximum absolute atomic E-state index is 12.5. The Morgan fingerprint density at radius 1 is 0.370 bits per heavy atom. The Hall–Kier alpha value is -1.40. The molecule has 434 valence electrons. The first kappa shape index (κ1) is 71.6. The maximum atomic E-state index is 12.5. The lowest BCUT2D eigenvalue weighted by Crippen LogP contribution is -2.45. The first-order valence-corrected chi connectivity index (χ1v) is 33.5. The van der Waals surface area contributed by atoms with Crippen molar-refractivity contribution in [2.75, 3.05) is 13.2 Å². The first-order chi connectivity index (χ1) is 36.0. The number of nitrogens with one attached hydrogen (secondary N) is 1. The van der Waals surface area contributed by atoms with Gasteiger partial charge in [0, 0.05) is 12.8 Å². The number of aliphatic hydroxyl groups excluding tert-OH is 2. The monoisotopic (exact) mass is 1030 g/mol. The zero-order chi connectivity index (χ0) is 52.9. The molecule has 6 nitrogen and oxygen atoms in total. The van der Waals surface area contributed by atoms with Gasteiger partial charge >= 0.3 is 5.97 Å². The lowest BCUT2D eigenvalue weighted by atomic mass is 10.0. The summed E-state index contributed by atoms with van der Waals surface area (Å²) in [6.07, 6.45) is 76.9. The summed E-state index contributed by atoms with van der Waals surface area (Å²) in [5, 5.41) is 23.2. The molecule has 0 aromatic heterocycles. The predicted molar refractivity (Wildman–Crippen MR) is 320 cm³/mol. The van der Waals surface area contributed by atoms with Crippen molar-refractivity contribution in [2.45, 2.75) is 392 Å². The lowest BCUT2D eigenvalue weighted by Gasteiger charge is -2.20. The average Bonchev–Trinajstić information content (AvgIpc) is 3.39. The Kier molecular flexibility index (Phi) is 61.9. The molecule has 0 rings (SSSR count). The van der Waals surface area contributed by atoms with Crippen LogP contribution in [0.4, 0.5) is 0 Å². The van der Waals surface area contributed by atoms with Crippen molar-refractivity contribution in [2.24, 2.45) is 0 Å². The average molecular weight is 1030 g/mol. The van der Waals surface area contributed by atoms with Crippen molar-refractivity contribution >= 4 is 11.9 Å². The zero-order valence-electron chi connectivity index (χ0n) is 49.6. The molecule has 0 heterocycles. The molecular formula is C67H131NO5. The molecule has 73 heavy (non-hydrogen) atoms. The van der Waals surface area contributed by atoms with E-state index in [-0.39, 0.29) is 18.5 Å². The minimum absolute atomic E-state index is 0.00914. The van der Waals surface area contributed by atoms with Gasteiger partial charge in [0.05, 0.1) is 25.4 Å². The molecule has 1 amide bonds. The number of esters is 1. The van der Waals surface area contributed by atoms with E-state index in [2.05, 4.69) is 19.2 Å². The molecule has 0 aliphatic rings. The molecule has 0 spiro atoms. The van der Waals surface area contributed by atoms with Crippen LogP contribution in [-0.2, 0) is 14.3 Å². The number of rotatable bonds is 63. The third kappa shape index (κ3) is 59.7. The molecule has 3 N–H and O–H groups in total. The second-order valence-electron chi connectivity index (χ2n) is 23.2. The van der Waals surface area contributed by atoms with Crippen LogP contribution in [0.25, 0.3) is 0 Å². The van der Waals surface area contributed by atoms with Gasteiger partial charge in [-0.25, -0.2) is 0 Å². The van der Waals surface area contributed by atoms with Gasteiger partial charge in [0.15, 0.2) is 0 Å². The van der Waals surface area contributed by atoms with E-state index in [9.17, 15) is 19.8 Å². The molecule has 6 heteroatoms. The molecule has 0 fully saturated rings. The van der Waals surface area contributed by atoms with Crippen LogP contribution in [0.1, 0.15) is 380 Å². The fourth-order valence-electron chi connectivity index (χ4n) is 10.7. The van der Waals surface area contributed by atoms with Crippen LogP contribution in [0.3, 0.4) is 0 Å². The SMILES string of the molecule is CCCCCCCCCCCCCCCCCCCCCCC/C=C/C(O)C(CO)NC(=O)CCCCCCCCCCCCCCCCCCCOC(=O)CCCCCCCCCCCCCCCCCC. The third-order valence-corrected chi connectivity index (χ3v) is 15.8. The summed E-state index contributed by atoms with van der Waals surface area (Å²) in [6, 6.07) is -0.632. The van der Waals surface area contributed by atoms with Gasteiger partial charge < -0.3 is 20.3 Å². The second-order valence-corrected chi connectivity index (χ2v) is 23.2. The number of carbonyl (C=O) groups is 2. The van der Waals surface area contributed by atoms with Crippen molar-refractivity contribution in [3.05, 3.63) is 12.2 Å². The van der Waals surface area contributed by atoms with Gasteiger partial charge in [-0.1, -0.05) is 347 Å². The topological polar surface area (TPSA) is 95.9 Å². The standard InChI is InChI=1S/C67H131NO5/c1-3-5-7-9-11-13-15-17-19-21-22-23-24-25-26-28-31-35-39-43-47-51-55-59-65(70)64(63-69)68-66(71)60-56-52-48-44-40-36-32-29-27-30-34-38-42-46-50-54-58-62-73-67(72)61-57-53-49-45-41-37-33-20-18-16-14-12-10-8-6-4-2/h55,59,64-65,69-70H,3-54,56-58,60-63H2,1-2H3,(H,68,71)/b59-55+. The Morgan fingerprint density at radius 3 is 0.932 bits per heavy atom. The highest BCUT2D eigenvalue weighted by Gasteiger charge is 2.18. The quantitative estimate of drug-likeness (QED) is 0.0320. The van der Waals surface area contributed by atoms with Crippen molar-refractivity contribution < 1.29 is 24.5 Å². The van der Waals surface area contributed by atoms with E-state index in [0.29, 0.717) is 19.4 Å². The zero-order valence-corrected chi connectivity index (χ0v) is 49.6. The number of hydrogen-bond acceptors (Lipinski definition) is 5. The Balaban J connectivity index is 3.42. The van der Waals surface area contributed by atoms with E-state index >= 15 is 0 Å². The van der Waals surface area contributed by atoms with Gasteiger partial charge in [0.25, 0.3) is 0 Å². The third-order valence-electron chi connectivity index (χ3n) is 15.8. The first-order valence-electron chi connectivity index (χ1n) is 33.5. The van der Waals surface area contributed by atoms with Gasteiger partial charge in [-0.2, -0.15) is 0 Å². The van der Waals surface area contributed by atoms with E-state index < -0.39 is 12.1 Å². The van der Waals surface area contributed by atoms with Crippen LogP contribution < -0.4 is 5.32 Å². The van der Waals surface area contributed by atoms with Crippen molar-refractivity contribution in [3.63, 3.8) is 0 Å². The molecule has 0 saturated carbocycles. The van der Waals surface area contributed by atoms with Crippen LogP contribution in [0.5, 0.6) is 0 Å². The Morgan fingerprint density at radius 2 is 0.630 bits per heavy atom. The van der Waals surface area contributed by atoms with E-state index in [1.807, 2.05) is 6.08 Å². The van der Waals surface area contributed by atoms with Gasteiger partial charge in [-0.3, -0.25) is 9.59 Å². The predicted octanol–water partition coefficient (Wildman–Crippen LogP) is 21.2. The number of allylic oxidation sites excluding steroid dienone is 1. The summed E-state index contributed by atoms with van der Waals surface area (Å²) < 4.78 is 5.49. The highest BCUT2D eigenvalue weighted by atomic mass is 16.5. The van der Waals surface area contributed by atoms with Crippen molar-refractivity contribution in [1.29, 1.82) is 0 Å². The van der Waals surface area contributed by atoms with Gasteiger partial charge in [-0.05, 0) is 32.1 Å². The van der Waals surface area contributed by atoms with E-state index in [0.717, 1.165) is 38.5 Å². The van der Waals surface area contributed by atoms with E-state index in [1.165, 1.54) is 315 Å². The molecule has 0 bridgehead atoms. The number of hydrogen-bond donors (Lipinski definition) is 3. The molecule has 0 aliphatic carbocycles. The summed E-state index contributed by atoms with van der Waals surface area (Å²) in [5.74, 6) is -0.0594. The maximum Gasteiger partial charge on any atom is 0.305 e. The highest BCUT2D eigenvalue weighted by molar-refractivity contribution is 5.76. The van der Waals surface area contributed by atoms with Crippen molar-refractivity contribution in [1.82, 2.24) is 5.32 Å². The number of carbonyl (C=O) groups excluding carboxylic acids is 2. The highest BCUT2D eigenvalue weighted by Crippen LogP contribution is 2.19. The normalized spacial score (nSPS) is 12.5. The van der Waals surface area contributed by atoms with E-state index in [1.54, 1.807) is 6.08 Å². The largest absolute Gasteiger partial charge is 0.466 e. The smallest absolute Gasteiger partial charge is 0.305 e. The Labute approximate surface area is 457 Å².